The summed E-state index contributed by atoms with van der Waals surface area (Å²) in [6.07, 6.45) is 0.591. The number of anilines is 1. The molecule has 0 radical (unpaired) electrons. The van der Waals surface area contributed by atoms with E-state index in [-0.39, 0.29) is 17.5 Å². The minimum absolute atomic E-state index is 0.177. The van der Waals surface area contributed by atoms with E-state index in [0.29, 0.717) is 18.1 Å². The first kappa shape index (κ1) is 17.9. The maximum absolute atomic E-state index is 9.59. The van der Waals surface area contributed by atoms with Gasteiger partial charge in [0, 0.05) is 12.0 Å². The van der Waals surface area contributed by atoms with Crippen molar-refractivity contribution in [1.29, 1.82) is 0 Å². The fourth-order valence-electron chi connectivity index (χ4n) is 3.45. The van der Waals surface area contributed by atoms with E-state index in [1.54, 1.807) is 36.4 Å². The van der Waals surface area contributed by atoms with Crippen LogP contribution in [0, 0.1) is 0 Å². The van der Waals surface area contributed by atoms with E-state index in [4.69, 9.17) is 9.62 Å². The molecule has 30 heavy (non-hydrogen) atoms. The van der Waals surface area contributed by atoms with Gasteiger partial charge in [0.15, 0.2) is 5.82 Å². The summed E-state index contributed by atoms with van der Waals surface area (Å²) < 4.78 is 5.49. The third kappa shape index (κ3) is 3.37. The molecule has 1 aliphatic heterocycles. The highest BCUT2D eigenvalue weighted by Crippen LogP contribution is 2.36. The topological polar surface area (TPSA) is 95.0 Å². The summed E-state index contributed by atoms with van der Waals surface area (Å²) in [5.74, 6) is 1.30. The van der Waals surface area contributed by atoms with Crippen LogP contribution >= 0.6 is 0 Å². The Kier molecular flexibility index (Phi) is 4.40. The largest absolute Gasteiger partial charge is 0.508 e. The normalized spacial score (nSPS) is 15.9. The van der Waals surface area contributed by atoms with E-state index < -0.39 is 0 Å². The van der Waals surface area contributed by atoms with Crippen LogP contribution in [0.4, 0.5) is 5.69 Å². The van der Waals surface area contributed by atoms with E-state index in [1.165, 1.54) is 0 Å². The highest BCUT2D eigenvalue weighted by Gasteiger charge is 2.33. The Bertz CT molecular complexity index is 1190. The maximum Gasteiger partial charge on any atom is 0.258 e. The Hall–Kier alpha value is -4.13. The van der Waals surface area contributed by atoms with Crippen LogP contribution in [0.2, 0.25) is 0 Å². The van der Waals surface area contributed by atoms with Gasteiger partial charge in [-0.3, -0.25) is 5.01 Å². The van der Waals surface area contributed by atoms with Crippen LogP contribution in [-0.4, -0.2) is 26.1 Å². The molecule has 1 aromatic heterocycles. The molecule has 1 unspecified atom stereocenters. The number of nitrogens with zero attached hydrogens (tertiary/aromatic N) is 4. The maximum atomic E-state index is 9.59. The molecule has 7 heteroatoms. The predicted octanol–water partition coefficient (Wildman–Crippen LogP) is 4.50. The second-order valence-corrected chi connectivity index (χ2v) is 7.00. The van der Waals surface area contributed by atoms with Gasteiger partial charge >= 0.3 is 0 Å². The number of rotatable bonds is 4. The molecule has 0 spiro atoms. The Balaban J connectivity index is 1.50. The van der Waals surface area contributed by atoms with Crippen molar-refractivity contribution < 1.29 is 14.7 Å². The zero-order chi connectivity index (χ0) is 20.5. The van der Waals surface area contributed by atoms with E-state index in [2.05, 4.69) is 10.1 Å². The average molecular weight is 398 g/mol. The van der Waals surface area contributed by atoms with Gasteiger partial charge in [-0.15, -0.1) is 0 Å². The highest BCUT2D eigenvalue weighted by atomic mass is 16.5. The van der Waals surface area contributed by atoms with Gasteiger partial charge in [-0.2, -0.15) is 10.1 Å². The summed E-state index contributed by atoms with van der Waals surface area (Å²) in [6, 6.07) is 23.2. The van der Waals surface area contributed by atoms with Crippen molar-refractivity contribution in [3.05, 3.63) is 90.3 Å². The van der Waals surface area contributed by atoms with E-state index in [0.717, 1.165) is 22.5 Å². The minimum Gasteiger partial charge on any atom is -0.508 e. The molecule has 1 atom stereocenters. The van der Waals surface area contributed by atoms with Crippen LogP contribution in [0.5, 0.6) is 11.5 Å². The molecule has 3 aromatic carbocycles. The van der Waals surface area contributed by atoms with Crippen molar-refractivity contribution in [2.24, 2.45) is 5.10 Å². The first-order valence-corrected chi connectivity index (χ1v) is 9.51. The molecular formula is C23H18N4O3. The van der Waals surface area contributed by atoms with Gasteiger partial charge < -0.3 is 14.7 Å². The van der Waals surface area contributed by atoms with Gasteiger partial charge in [-0.05, 0) is 66.2 Å². The number of para-hydroxylation sites is 1. The monoisotopic (exact) mass is 398 g/mol. The lowest BCUT2D eigenvalue weighted by Gasteiger charge is -2.20. The quantitative estimate of drug-likeness (QED) is 0.525. The summed E-state index contributed by atoms with van der Waals surface area (Å²) >= 11 is 0. The van der Waals surface area contributed by atoms with E-state index in [1.807, 2.05) is 47.5 Å². The van der Waals surface area contributed by atoms with Crippen LogP contribution in [0.15, 0.2) is 88.5 Å². The zero-order valence-corrected chi connectivity index (χ0v) is 15.9. The van der Waals surface area contributed by atoms with Crippen LogP contribution < -0.4 is 5.01 Å². The summed E-state index contributed by atoms with van der Waals surface area (Å²) in [5.41, 5.74) is 3.46. The van der Waals surface area contributed by atoms with Crippen molar-refractivity contribution in [2.75, 3.05) is 5.01 Å². The molecule has 2 N–H and O–H groups in total. The average Bonchev–Trinajstić information content (AvgIpc) is 3.43. The fraction of sp³-hybridized carbons (Fsp3) is 0.0870. The molecule has 0 saturated heterocycles. The second-order valence-electron chi connectivity index (χ2n) is 7.00. The first-order chi connectivity index (χ1) is 14.7. The van der Waals surface area contributed by atoms with Gasteiger partial charge in [-0.25, -0.2) is 0 Å². The number of phenolic OH excluding ortho intramolecular Hbond substituents is 2. The molecule has 0 saturated carbocycles. The van der Waals surface area contributed by atoms with Crippen molar-refractivity contribution in [3.63, 3.8) is 0 Å². The number of aromatic nitrogens is 2. The Morgan fingerprint density at radius 3 is 2.10 bits per heavy atom. The van der Waals surface area contributed by atoms with Crippen LogP contribution in [0.3, 0.4) is 0 Å². The first-order valence-electron chi connectivity index (χ1n) is 9.51. The van der Waals surface area contributed by atoms with E-state index in [9.17, 15) is 10.2 Å². The summed E-state index contributed by atoms with van der Waals surface area (Å²) in [4.78, 5) is 4.60. The summed E-state index contributed by atoms with van der Waals surface area (Å²) in [5, 5.41) is 30.0. The van der Waals surface area contributed by atoms with Gasteiger partial charge in [0.25, 0.3) is 5.89 Å². The molecule has 2 heterocycles. The molecule has 0 aliphatic carbocycles. The molecule has 0 amide bonds. The molecule has 1 aliphatic rings. The Labute approximate surface area is 172 Å². The standard InChI is InChI=1S/C23H18N4O3/c28-18-10-6-15(7-11-18)20-14-21(27(25-20)17-4-2-1-3-5-17)22-24-23(30-26-22)16-8-12-19(29)13-9-16/h1-13,21,28-29H,14H2. The number of hydrogen-bond acceptors (Lipinski definition) is 7. The third-order valence-electron chi connectivity index (χ3n) is 4.99. The number of hydrogen-bond donors (Lipinski definition) is 2. The predicted molar refractivity (Wildman–Crippen MR) is 112 cm³/mol. The smallest absolute Gasteiger partial charge is 0.258 e. The van der Waals surface area contributed by atoms with Crippen molar-refractivity contribution in [1.82, 2.24) is 10.1 Å². The molecule has 148 valence electrons. The third-order valence-corrected chi connectivity index (χ3v) is 4.99. The second kappa shape index (κ2) is 7.36. The fourth-order valence-corrected chi connectivity index (χ4v) is 3.45. The summed E-state index contributed by atoms with van der Waals surface area (Å²) in [6.45, 7) is 0. The SMILES string of the molecule is Oc1ccc(C2=NN(c3ccccc3)C(c3noc(-c4ccc(O)cc4)n3)C2)cc1. The number of benzene rings is 3. The lowest BCUT2D eigenvalue weighted by molar-refractivity contribution is 0.416. The van der Waals surface area contributed by atoms with Crippen LogP contribution in [0.1, 0.15) is 23.9 Å². The van der Waals surface area contributed by atoms with Gasteiger partial charge in [-0.1, -0.05) is 23.4 Å². The molecule has 0 fully saturated rings. The van der Waals surface area contributed by atoms with Crippen LogP contribution in [-0.2, 0) is 0 Å². The summed E-state index contributed by atoms with van der Waals surface area (Å²) in [7, 11) is 0. The Morgan fingerprint density at radius 2 is 1.43 bits per heavy atom. The van der Waals surface area contributed by atoms with Gasteiger partial charge in [0.2, 0.25) is 0 Å². The molecular weight excluding hydrogens is 380 g/mol. The number of hydrazone groups is 1. The Morgan fingerprint density at radius 1 is 0.800 bits per heavy atom. The molecule has 5 rings (SSSR count). The molecule has 4 aromatic rings. The number of phenols is 2. The van der Waals surface area contributed by atoms with E-state index >= 15 is 0 Å². The lowest BCUT2D eigenvalue weighted by atomic mass is 10.0. The van der Waals surface area contributed by atoms with Gasteiger partial charge in [0.1, 0.15) is 17.5 Å². The van der Waals surface area contributed by atoms with Crippen molar-refractivity contribution in [2.45, 2.75) is 12.5 Å². The van der Waals surface area contributed by atoms with Crippen LogP contribution in [0.25, 0.3) is 11.5 Å². The van der Waals surface area contributed by atoms with Crippen molar-refractivity contribution in [3.8, 4) is 23.0 Å². The highest BCUT2D eigenvalue weighted by molar-refractivity contribution is 6.03. The van der Waals surface area contributed by atoms with Gasteiger partial charge in [0.05, 0.1) is 11.4 Å². The zero-order valence-electron chi connectivity index (χ0n) is 15.9. The molecule has 0 bridgehead atoms. The minimum atomic E-state index is -0.231. The van der Waals surface area contributed by atoms with Crippen molar-refractivity contribution >= 4 is 11.4 Å². The number of aromatic hydroxyl groups is 2. The molecule has 7 nitrogen and oxygen atoms in total. The lowest BCUT2D eigenvalue weighted by Crippen LogP contribution is -2.19.